The zero-order valence-corrected chi connectivity index (χ0v) is 9.53. The third-order valence-electron chi connectivity index (χ3n) is 1.81. The maximum atomic E-state index is 5.84. The van der Waals surface area contributed by atoms with Crippen molar-refractivity contribution in [3.05, 3.63) is 40.8 Å². The third-order valence-corrected chi connectivity index (χ3v) is 2.31. The molecule has 0 fully saturated rings. The molecule has 0 atom stereocenters. The number of benzene rings is 1. The molecule has 0 saturated carbocycles. The summed E-state index contributed by atoms with van der Waals surface area (Å²) in [4.78, 5) is 7.63. The lowest BCUT2D eigenvalue weighted by molar-refractivity contribution is 0.464. The summed E-state index contributed by atoms with van der Waals surface area (Å²) in [5.41, 5.74) is 6.14. The van der Waals surface area contributed by atoms with E-state index < -0.39 is 0 Å². The fraction of sp³-hybridized carbons (Fsp3) is 0. The number of hydrogen-bond acceptors (Lipinski definition) is 4. The molecule has 0 saturated heterocycles. The van der Waals surface area contributed by atoms with Gasteiger partial charge in [0, 0.05) is 5.02 Å². The molecule has 4 nitrogen and oxygen atoms in total. The third kappa shape index (κ3) is 2.35. The highest BCUT2D eigenvalue weighted by Crippen LogP contribution is 2.31. The molecule has 2 aromatic rings. The first kappa shape index (κ1) is 11.0. The molecule has 1 heterocycles. The van der Waals surface area contributed by atoms with Crippen LogP contribution in [0.2, 0.25) is 10.0 Å². The summed E-state index contributed by atoms with van der Waals surface area (Å²) in [6, 6.07) is 4.91. The molecule has 82 valence electrons. The average Bonchev–Trinajstić information content (AvgIpc) is 2.25. The van der Waals surface area contributed by atoms with Crippen molar-refractivity contribution in [3.8, 4) is 11.6 Å². The summed E-state index contributed by atoms with van der Waals surface area (Å²) in [5, 5.41) is 0.857. The maximum absolute atomic E-state index is 5.84. The van der Waals surface area contributed by atoms with Gasteiger partial charge in [-0.3, -0.25) is 0 Å². The van der Waals surface area contributed by atoms with Crippen molar-refractivity contribution < 1.29 is 4.74 Å². The summed E-state index contributed by atoms with van der Waals surface area (Å²) >= 11 is 11.6. The summed E-state index contributed by atoms with van der Waals surface area (Å²) in [6.45, 7) is 0. The molecular weight excluding hydrogens is 249 g/mol. The van der Waals surface area contributed by atoms with Gasteiger partial charge in [-0.15, -0.1) is 0 Å². The number of hydrogen-bond donors (Lipinski definition) is 1. The molecule has 0 spiro atoms. The maximum Gasteiger partial charge on any atom is 0.241 e. The van der Waals surface area contributed by atoms with Crippen molar-refractivity contribution >= 4 is 28.9 Å². The summed E-state index contributed by atoms with van der Waals surface area (Å²) in [7, 11) is 0. The van der Waals surface area contributed by atoms with Crippen LogP contribution in [0.25, 0.3) is 0 Å². The molecule has 2 rings (SSSR count). The van der Waals surface area contributed by atoms with E-state index in [1.54, 1.807) is 18.2 Å². The quantitative estimate of drug-likeness (QED) is 0.838. The Bertz CT molecular complexity index is 519. The molecule has 0 aliphatic heterocycles. The van der Waals surface area contributed by atoms with E-state index in [1.165, 1.54) is 12.5 Å². The van der Waals surface area contributed by atoms with E-state index in [2.05, 4.69) is 9.97 Å². The highest BCUT2D eigenvalue weighted by Gasteiger charge is 2.07. The van der Waals surface area contributed by atoms with Crippen molar-refractivity contribution in [3.63, 3.8) is 0 Å². The Kier molecular flexibility index (Phi) is 3.12. The minimum Gasteiger partial charge on any atom is -0.435 e. The van der Waals surface area contributed by atoms with Gasteiger partial charge in [0.15, 0.2) is 5.75 Å². The van der Waals surface area contributed by atoms with Crippen molar-refractivity contribution in [2.45, 2.75) is 0 Å². The van der Waals surface area contributed by atoms with Crippen LogP contribution in [0.4, 0.5) is 5.69 Å². The molecule has 0 aliphatic carbocycles. The standard InChI is InChI=1S/C10H7Cl2N3O/c11-6-1-2-9(8(13)3-6)16-10-7(12)4-14-5-15-10/h1-5H,13H2. The van der Waals surface area contributed by atoms with Crippen molar-refractivity contribution in [2.75, 3.05) is 5.73 Å². The Balaban J connectivity index is 2.31. The monoisotopic (exact) mass is 255 g/mol. The van der Waals surface area contributed by atoms with Crippen LogP contribution in [0.5, 0.6) is 11.6 Å². The molecule has 0 aliphatic rings. The zero-order valence-electron chi connectivity index (χ0n) is 8.02. The normalized spacial score (nSPS) is 10.1. The van der Waals surface area contributed by atoms with Gasteiger partial charge in [0.1, 0.15) is 11.3 Å². The fourth-order valence-electron chi connectivity index (χ4n) is 1.09. The second-order valence-electron chi connectivity index (χ2n) is 2.96. The predicted molar refractivity (Wildman–Crippen MR) is 63.0 cm³/mol. The number of rotatable bonds is 2. The summed E-state index contributed by atoms with van der Waals surface area (Å²) < 4.78 is 5.43. The number of ether oxygens (including phenoxy) is 1. The van der Waals surface area contributed by atoms with Crippen LogP contribution in [0.3, 0.4) is 0 Å². The molecule has 0 amide bonds. The summed E-state index contributed by atoms with van der Waals surface area (Å²) in [6.07, 6.45) is 2.78. The van der Waals surface area contributed by atoms with Crippen molar-refractivity contribution in [1.82, 2.24) is 9.97 Å². The molecule has 16 heavy (non-hydrogen) atoms. The Morgan fingerprint density at radius 1 is 1.25 bits per heavy atom. The molecule has 1 aromatic carbocycles. The lowest BCUT2D eigenvalue weighted by Crippen LogP contribution is -1.94. The first-order valence-electron chi connectivity index (χ1n) is 4.35. The SMILES string of the molecule is Nc1cc(Cl)ccc1Oc1ncncc1Cl. The van der Waals surface area contributed by atoms with Crippen LogP contribution in [0.15, 0.2) is 30.7 Å². The molecular formula is C10H7Cl2N3O. The van der Waals surface area contributed by atoms with Crippen molar-refractivity contribution in [2.24, 2.45) is 0 Å². The van der Waals surface area contributed by atoms with Gasteiger partial charge >= 0.3 is 0 Å². The average molecular weight is 256 g/mol. The Hall–Kier alpha value is -1.52. The lowest BCUT2D eigenvalue weighted by Gasteiger charge is -2.08. The number of halogens is 2. The number of nitrogens with zero attached hydrogens (tertiary/aromatic N) is 2. The van der Waals surface area contributed by atoms with Gasteiger partial charge < -0.3 is 10.5 Å². The van der Waals surface area contributed by atoms with Gasteiger partial charge in [0.2, 0.25) is 5.88 Å². The predicted octanol–water partition coefficient (Wildman–Crippen LogP) is 3.16. The largest absolute Gasteiger partial charge is 0.435 e. The molecule has 0 unspecified atom stereocenters. The minimum atomic E-state index is 0.255. The number of anilines is 1. The van der Waals surface area contributed by atoms with Gasteiger partial charge in [-0.25, -0.2) is 9.97 Å². The Morgan fingerprint density at radius 3 is 2.75 bits per heavy atom. The van der Waals surface area contributed by atoms with Crippen molar-refractivity contribution in [1.29, 1.82) is 0 Å². The second kappa shape index (κ2) is 4.55. The number of aromatic nitrogens is 2. The van der Waals surface area contributed by atoms with E-state index >= 15 is 0 Å². The first-order valence-corrected chi connectivity index (χ1v) is 5.11. The van der Waals surface area contributed by atoms with Gasteiger partial charge in [0.05, 0.1) is 11.9 Å². The van der Waals surface area contributed by atoms with E-state index in [4.69, 9.17) is 33.7 Å². The molecule has 6 heteroatoms. The van der Waals surface area contributed by atoms with Crippen LogP contribution < -0.4 is 10.5 Å². The zero-order chi connectivity index (χ0) is 11.5. The highest BCUT2D eigenvalue weighted by molar-refractivity contribution is 6.31. The van der Waals surface area contributed by atoms with E-state index in [-0.39, 0.29) is 5.88 Å². The van der Waals surface area contributed by atoms with Crippen LogP contribution in [0.1, 0.15) is 0 Å². The Morgan fingerprint density at radius 2 is 2.06 bits per heavy atom. The van der Waals surface area contributed by atoms with Gasteiger partial charge in [-0.2, -0.15) is 0 Å². The topological polar surface area (TPSA) is 61.0 Å². The highest BCUT2D eigenvalue weighted by atomic mass is 35.5. The molecule has 0 bridgehead atoms. The summed E-state index contributed by atoms with van der Waals surface area (Å²) in [5.74, 6) is 0.704. The van der Waals surface area contributed by atoms with Crippen LogP contribution >= 0.6 is 23.2 Å². The number of nitrogens with two attached hydrogens (primary N) is 1. The Labute approximate surface area is 102 Å². The number of nitrogen functional groups attached to an aromatic ring is 1. The second-order valence-corrected chi connectivity index (χ2v) is 3.80. The lowest BCUT2D eigenvalue weighted by atomic mass is 10.3. The van der Waals surface area contributed by atoms with Crippen LogP contribution in [-0.2, 0) is 0 Å². The smallest absolute Gasteiger partial charge is 0.241 e. The molecule has 2 N–H and O–H groups in total. The van der Waals surface area contributed by atoms with Gasteiger partial charge in [-0.1, -0.05) is 23.2 Å². The van der Waals surface area contributed by atoms with Gasteiger partial charge in [-0.05, 0) is 18.2 Å². The molecule has 1 aromatic heterocycles. The fourth-order valence-corrected chi connectivity index (χ4v) is 1.42. The first-order chi connectivity index (χ1) is 7.66. The minimum absolute atomic E-state index is 0.255. The van der Waals surface area contributed by atoms with Crippen LogP contribution in [-0.4, -0.2) is 9.97 Å². The van der Waals surface area contributed by atoms with Gasteiger partial charge in [0.25, 0.3) is 0 Å². The van der Waals surface area contributed by atoms with E-state index in [0.29, 0.717) is 21.5 Å². The van der Waals surface area contributed by atoms with E-state index in [0.717, 1.165) is 0 Å². The van der Waals surface area contributed by atoms with E-state index in [9.17, 15) is 0 Å². The van der Waals surface area contributed by atoms with Crippen LogP contribution in [0, 0.1) is 0 Å². The van der Waals surface area contributed by atoms with E-state index in [1.807, 2.05) is 0 Å². The molecule has 0 radical (unpaired) electrons.